The van der Waals surface area contributed by atoms with Gasteiger partial charge in [0.25, 0.3) is 0 Å². The number of piperazine rings is 1. The monoisotopic (exact) mass is 277 g/mol. The van der Waals surface area contributed by atoms with Crippen molar-refractivity contribution in [3.05, 3.63) is 0 Å². The Hall–Kier alpha value is -1.15. The van der Waals surface area contributed by atoms with Crippen LogP contribution in [0, 0.1) is 0 Å². The van der Waals surface area contributed by atoms with Gasteiger partial charge in [-0.25, -0.2) is 13.1 Å². The molecule has 0 aromatic heterocycles. The van der Waals surface area contributed by atoms with Crippen LogP contribution in [0.2, 0.25) is 0 Å². The molecule has 0 aromatic rings. The van der Waals surface area contributed by atoms with E-state index in [1.54, 1.807) is 16.7 Å². The fourth-order valence-corrected chi connectivity index (χ4v) is 2.73. The van der Waals surface area contributed by atoms with E-state index >= 15 is 0 Å². The predicted molar refractivity (Wildman–Crippen MR) is 66.3 cm³/mol. The van der Waals surface area contributed by atoms with E-state index in [0.717, 1.165) is 6.41 Å². The summed E-state index contributed by atoms with van der Waals surface area (Å²) in [5.41, 5.74) is 0. The van der Waals surface area contributed by atoms with Gasteiger partial charge in [0, 0.05) is 26.2 Å². The molecule has 1 fully saturated rings. The molecule has 1 saturated heterocycles. The van der Waals surface area contributed by atoms with Gasteiger partial charge < -0.3 is 9.80 Å². The van der Waals surface area contributed by atoms with Crippen molar-refractivity contribution in [3.63, 3.8) is 0 Å². The Kier molecular flexibility index (Phi) is 5.54. The van der Waals surface area contributed by atoms with Crippen molar-refractivity contribution >= 4 is 22.3 Å². The first kappa shape index (κ1) is 14.9. The molecule has 18 heavy (non-hydrogen) atoms. The van der Waals surface area contributed by atoms with Crippen molar-refractivity contribution in [1.29, 1.82) is 0 Å². The van der Waals surface area contributed by atoms with Crippen LogP contribution in [0.25, 0.3) is 0 Å². The van der Waals surface area contributed by atoms with Crippen LogP contribution in [0.1, 0.15) is 13.3 Å². The van der Waals surface area contributed by atoms with E-state index < -0.39 is 10.0 Å². The van der Waals surface area contributed by atoms with Crippen LogP contribution in [0.3, 0.4) is 0 Å². The van der Waals surface area contributed by atoms with Crippen LogP contribution in [-0.2, 0) is 19.6 Å². The van der Waals surface area contributed by atoms with Gasteiger partial charge in [0.1, 0.15) is 0 Å². The molecule has 8 heteroatoms. The van der Waals surface area contributed by atoms with Crippen molar-refractivity contribution in [2.45, 2.75) is 13.3 Å². The lowest BCUT2D eigenvalue weighted by Gasteiger charge is -2.32. The zero-order chi connectivity index (χ0) is 13.6. The first-order chi connectivity index (χ1) is 8.48. The number of hydrogen-bond acceptors (Lipinski definition) is 4. The number of rotatable bonds is 6. The van der Waals surface area contributed by atoms with Gasteiger partial charge in [-0.15, -0.1) is 0 Å². The molecule has 104 valence electrons. The molecule has 1 aliphatic rings. The average molecular weight is 277 g/mol. The van der Waals surface area contributed by atoms with Gasteiger partial charge >= 0.3 is 0 Å². The molecule has 1 rings (SSSR count). The fourth-order valence-electron chi connectivity index (χ4n) is 1.70. The number of sulfonamides is 1. The number of nitrogens with one attached hydrogen (secondary N) is 1. The highest BCUT2D eigenvalue weighted by molar-refractivity contribution is 7.89. The van der Waals surface area contributed by atoms with Crippen molar-refractivity contribution in [3.8, 4) is 0 Å². The maximum atomic E-state index is 11.7. The van der Waals surface area contributed by atoms with E-state index in [1.807, 2.05) is 0 Å². The Morgan fingerprint density at radius 3 is 2.39 bits per heavy atom. The first-order valence-electron chi connectivity index (χ1n) is 5.93. The molecule has 1 N–H and O–H groups in total. The standard InChI is InChI=1S/C10H19N3O4S/c1-2-7-18(16,17)11-8-10(15)13-5-3-12(9-14)4-6-13/h9,11H,2-8H2,1H3. The Labute approximate surface area is 107 Å². The predicted octanol–water partition coefficient (Wildman–Crippen LogP) is -1.38. The van der Waals surface area contributed by atoms with Crippen LogP contribution in [0.5, 0.6) is 0 Å². The zero-order valence-electron chi connectivity index (χ0n) is 10.5. The fraction of sp³-hybridized carbons (Fsp3) is 0.800. The van der Waals surface area contributed by atoms with Gasteiger partial charge in [0.15, 0.2) is 0 Å². The lowest BCUT2D eigenvalue weighted by Crippen LogP contribution is -2.50. The third-order valence-corrected chi connectivity index (χ3v) is 4.26. The van der Waals surface area contributed by atoms with E-state index in [4.69, 9.17) is 0 Å². The summed E-state index contributed by atoms with van der Waals surface area (Å²) in [6, 6.07) is 0. The highest BCUT2D eigenvalue weighted by Gasteiger charge is 2.21. The molecule has 1 heterocycles. The number of amides is 2. The third-order valence-electron chi connectivity index (χ3n) is 2.73. The molecule has 0 bridgehead atoms. The Morgan fingerprint density at radius 2 is 1.89 bits per heavy atom. The van der Waals surface area contributed by atoms with Gasteiger partial charge in [-0.3, -0.25) is 9.59 Å². The molecule has 7 nitrogen and oxygen atoms in total. The van der Waals surface area contributed by atoms with Crippen LogP contribution < -0.4 is 4.72 Å². The molecular weight excluding hydrogens is 258 g/mol. The SMILES string of the molecule is CCCS(=O)(=O)NCC(=O)N1CCN(C=O)CC1. The number of carbonyl (C=O) groups excluding carboxylic acids is 2. The molecular formula is C10H19N3O4S. The minimum atomic E-state index is -3.34. The van der Waals surface area contributed by atoms with Gasteiger partial charge in [-0.2, -0.15) is 0 Å². The van der Waals surface area contributed by atoms with Gasteiger partial charge in [0.2, 0.25) is 22.3 Å². The van der Waals surface area contributed by atoms with E-state index in [2.05, 4.69) is 4.72 Å². The highest BCUT2D eigenvalue weighted by atomic mass is 32.2. The summed E-state index contributed by atoms with van der Waals surface area (Å²) in [5.74, 6) is -0.223. The number of carbonyl (C=O) groups is 2. The minimum Gasteiger partial charge on any atom is -0.342 e. The van der Waals surface area contributed by atoms with Crippen molar-refractivity contribution in [2.24, 2.45) is 0 Å². The van der Waals surface area contributed by atoms with Crippen molar-refractivity contribution in [2.75, 3.05) is 38.5 Å². The lowest BCUT2D eigenvalue weighted by atomic mass is 10.3. The van der Waals surface area contributed by atoms with Crippen LogP contribution in [0.15, 0.2) is 0 Å². The summed E-state index contributed by atoms with van der Waals surface area (Å²) in [5, 5.41) is 0. The molecule has 2 amide bonds. The van der Waals surface area contributed by atoms with Gasteiger partial charge in [0.05, 0.1) is 12.3 Å². The molecule has 1 aliphatic heterocycles. The average Bonchev–Trinajstić information content (AvgIpc) is 2.36. The lowest BCUT2D eigenvalue weighted by molar-refractivity contribution is -0.134. The first-order valence-corrected chi connectivity index (χ1v) is 7.58. The topological polar surface area (TPSA) is 86.8 Å². The summed E-state index contributed by atoms with van der Waals surface area (Å²) >= 11 is 0. The number of nitrogens with zero attached hydrogens (tertiary/aromatic N) is 2. The smallest absolute Gasteiger partial charge is 0.237 e. The van der Waals surface area contributed by atoms with Crippen molar-refractivity contribution < 1.29 is 18.0 Å². The molecule has 0 atom stereocenters. The van der Waals surface area contributed by atoms with E-state index in [-0.39, 0.29) is 18.2 Å². The second-order valence-corrected chi connectivity index (χ2v) is 6.09. The maximum absolute atomic E-state index is 11.7. The third kappa shape index (κ3) is 4.61. The maximum Gasteiger partial charge on any atom is 0.237 e. The van der Waals surface area contributed by atoms with E-state index in [1.165, 1.54) is 0 Å². The molecule has 0 saturated carbocycles. The molecule has 0 unspecified atom stereocenters. The zero-order valence-corrected chi connectivity index (χ0v) is 11.3. The molecule has 0 aromatic carbocycles. The number of hydrogen-bond donors (Lipinski definition) is 1. The Morgan fingerprint density at radius 1 is 1.28 bits per heavy atom. The van der Waals surface area contributed by atoms with E-state index in [9.17, 15) is 18.0 Å². The van der Waals surface area contributed by atoms with Crippen LogP contribution in [0.4, 0.5) is 0 Å². The quantitative estimate of drug-likeness (QED) is 0.606. The van der Waals surface area contributed by atoms with E-state index in [0.29, 0.717) is 32.6 Å². The Bertz CT molecular complexity index is 388. The van der Waals surface area contributed by atoms with Gasteiger partial charge in [-0.1, -0.05) is 6.92 Å². The summed E-state index contributed by atoms with van der Waals surface area (Å²) in [7, 11) is -3.34. The molecule has 0 spiro atoms. The largest absolute Gasteiger partial charge is 0.342 e. The second-order valence-electron chi connectivity index (χ2n) is 4.16. The van der Waals surface area contributed by atoms with Crippen LogP contribution >= 0.6 is 0 Å². The normalized spacial score (nSPS) is 16.7. The Balaban J connectivity index is 2.36. The molecule has 0 aliphatic carbocycles. The summed E-state index contributed by atoms with van der Waals surface area (Å²) < 4.78 is 25.0. The second kappa shape index (κ2) is 6.69. The van der Waals surface area contributed by atoms with Crippen LogP contribution in [-0.4, -0.2) is 69.0 Å². The van der Waals surface area contributed by atoms with Crippen molar-refractivity contribution in [1.82, 2.24) is 14.5 Å². The van der Waals surface area contributed by atoms with Gasteiger partial charge in [-0.05, 0) is 6.42 Å². The molecule has 0 radical (unpaired) electrons. The highest BCUT2D eigenvalue weighted by Crippen LogP contribution is 2.00. The summed E-state index contributed by atoms with van der Waals surface area (Å²) in [6.07, 6.45) is 1.27. The summed E-state index contributed by atoms with van der Waals surface area (Å²) in [6.45, 7) is 3.46. The minimum absolute atomic E-state index is 0.0270. The summed E-state index contributed by atoms with van der Waals surface area (Å²) in [4.78, 5) is 25.4.